The van der Waals surface area contributed by atoms with E-state index in [2.05, 4.69) is 28.5 Å². The first-order valence-electron chi connectivity index (χ1n) is 10.0. The Labute approximate surface area is 170 Å². The molecule has 4 rings (SSSR count). The van der Waals surface area contributed by atoms with Crippen molar-refractivity contribution in [2.24, 2.45) is 0 Å². The topological polar surface area (TPSA) is 12.5 Å². The Hall–Kier alpha value is -2.17. The van der Waals surface area contributed by atoms with Crippen LogP contribution in [0.25, 0.3) is 0 Å². The number of nitrogens with zero attached hydrogens (tertiary/aromatic N) is 1. The number of ether oxygens (including phenoxy) is 1. The summed E-state index contributed by atoms with van der Waals surface area (Å²) in [7, 11) is 0. The second-order valence-corrected chi connectivity index (χ2v) is 8.30. The van der Waals surface area contributed by atoms with Crippen molar-refractivity contribution in [3.63, 3.8) is 0 Å². The van der Waals surface area contributed by atoms with Gasteiger partial charge in [-0.2, -0.15) is 0 Å². The number of halogens is 1. The van der Waals surface area contributed by atoms with Gasteiger partial charge < -0.3 is 4.74 Å². The van der Waals surface area contributed by atoms with Crippen LogP contribution in [0.2, 0.25) is 0 Å². The molecule has 2 aromatic carbocycles. The predicted molar refractivity (Wildman–Crippen MR) is 114 cm³/mol. The SMILES string of the molecule is Fc1cccc(C(c2ccc(OCCN3CCCCC3)cc2)c2cccs2)c1. The summed E-state index contributed by atoms with van der Waals surface area (Å²) < 4.78 is 19.8. The molecule has 0 N–H and O–H groups in total. The van der Waals surface area contributed by atoms with Crippen LogP contribution in [0.5, 0.6) is 5.75 Å². The molecule has 0 spiro atoms. The third-order valence-corrected chi connectivity index (χ3v) is 6.29. The van der Waals surface area contributed by atoms with Crippen molar-refractivity contribution < 1.29 is 9.13 Å². The van der Waals surface area contributed by atoms with E-state index in [9.17, 15) is 4.39 Å². The lowest BCUT2D eigenvalue weighted by atomic mass is 9.90. The van der Waals surface area contributed by atoms with Gasteiger partial charge in [-0.1, -0.05) is 36.8 Å². The smallest absolute Gasteiger partial charge is 0.123 e. The Morgan fingerprint density at radius 1 is 0.929 bits per heavy atom. The maximum atomic E-state index is 13.8. The minimum Gasteiger partial charge on any atom is -0.492 e. The van der Waals surface area contributed by atoms with Gasteiger partial charge in [0.25, 0.3) is 0 Å². The standard InChI is InChI=1S/C24H26FNOS/c25-21-7-4-6-20(18-21)24(23-8-5-17-28-23)19-9-11-22(12-10-19)27-16-15-26-13-2-1-3-14-26/h4-12,17-18,24H,1-3,13-16H2. The van der Waals surface area contributed by atoms with Gasteiger partial charge in [0.15, 0.2) is 0 Å². The van der Waals surface area contributed by atoms with Gasteiger partial charge in [0.2, 0.25) is 0 Å². The molecule has 1 fully saturated rings. The van der Waals surface area contributed by atoms with Crippen LogP contribution in [0, 0.1) is 5.82 Å². The van der Waals surface area contributed by atoms with Gasteiger partial charge in [-0.3, -0.25) is 4.90 Å². The van der Waals surface area contributed by atoms with E-state index in [1.54, 1.807) is 23.5 Å². The molecule has 1 aliphatic heterocycles. The van der Waals surface area contributed by atoms with Gasteiger partial charge in [0.1, 0.15) is 18.2 Å². The summed E-state index contributed by atoms with van der Waals surface area (Å²) in [5.74, 6) is 0.736. The van der Waals surface area contributed by atoms with Crippen LogP contribution in [-0.2, 0) is 0 Å². The van der Waals surface area contributed by atoms with Crippen LogP contribution >= 0.6 is 11.3 Å². The molecular weight excluding hydrogens is 369 g/mol. The Bertz CT molecular complexity index is 857. The molecule has 28 heavy (non-hydrogen) atoms. The van der Waals surface area contributed by atoms with Crippen molar-refractivity contribution in [1.82, 2.24) is 4.90 Å². The first kappa shape index (κ1) is 19.2. The Kier molecular flexibility index (Phi) is 6.40. The summed E-state index contributed by atoms with van der Waals surface area (Å²) in [4.78, 5) is 3.69. The molecular formula is C24H26FNOS. The largest absolute Gasteiger partial charge is 0.492 e. The fourth-order valence-corrected chi connectivity index (χ4v) is 4.77. The molecule has 1 unspecified atom stereocenters. The summed E-state index contributed by atoms with van der Waals surface area (Å²) in [6.45, 7) is 4.09. The highest BCUT2D eigenvalue weighted by molar-refractivity contribution is 7.10. The molecule has 2 heterocycles. The number of thiophene rings is 1. The number of hydrogen-bond donors (Lipinski definition) is 0. The molecule has 0 saturated carbocycles. The van der Waals surface area contributed by atoms with Crippen LogP contribution in [0.1, 0.15) is 41.2 Å². The molecule has 3 aromatic rings. The molecule has 146 valence electrons. The molecule has 0 amide bonds. The van der Waals surface area contributed by atoms with Crippen molar-refractivity contribution >= 4 is 11.3 Å². The molecule has 0 radical (unpaired) electrons. The summed E-state index contributed by atoms with van der Waals surface area (Å²) in [6, 6.07) is 19.3. The first-order chi connectivity index (χ1) is 13.8. The zero-order valence-electron chi connectivity index (χ0n) is 16.0. The molecule has 1 aliphatic rings. The van der Waals surface area contributed by atoms with Crippen LogP contribution in [0.15, 0.2) is 66.0 Å². The summed E-state index contributed by atoms with van der Waals surface area (Å²) in [6.07, 6.45) is 3.97. The van der Waals surface area contributed by atoms with Gasteiger partial charge >= 0.3 is 0 Å². The van der Waals surface area contributed by atoms with E-state index >= 15 is 0 Å². The molecule has 2 nitrogen and oxygen atoms in total. The van der Waals surface area contributed by atoms with Crippen molar-refractivity contribution in [3.05, 3.63) is 87.9 Å². The Morgan fingerprint density at radius 3 is 2.46 bits per heavy atom. The monoisotopic (exact) mass is 395 g/mol. The quantitative estimate of drug-likeness (QED) is 0.491. The van der Waals surface area contributed by atoms with Crippen LogP contribution in [-0.4, -0.2) is 31.1 Å². The average molecular weight is 396 g/mol. The normalized spacial score (nSPS) is 16.0. The highest BCUT2D eigenvalue weighted by Crippen LogP contribution is 2.35. The average Bonchev–Trinajstić information content (AvgIpc) is 3.25. The minimum atomic E-state index is -0.197. The molecule has 1 aromatic heterocycles. The fourth-order valence-electron chi connectivity index (χ4n) is 3.89. The third kappa shape index (κ3) is 4.81. The molecule has 1 saturated heterocycles. The van der Waals surface area contributed by atoms with E-state index in [1.807, 2.05) is 24.3 Å². The van der Waals surface area contributed by atoms with Gasteiger partial charge in [-0.15, -0.1) is 11.3 Å². The number of likely N-dealkylation sites (tertiary alicyclic amines) is 1. The number of piperidine rings is 1. The van der Waals surface area contributed by atoms with E-state index < -0.39 is 0 Å². The predicted octanol–water partition coefficient (Wildman–Crippen LogP) is 5.93. The van der Waals surface area contributed by atoms with Gasteiger partial charge in [-0.25, -0.2) is 4.39 Å². The lowest BCUT2D eigenvalue weighted by Crippen LogP contribution is -2.33. The second kappa shape index (κ2) is 9.35. The van der Waals surface area contributed by atoms with Crippen LogP contribution in [0.4, 0.5) is 4.39 Å². The number of hydrogen-bond acceptors (Lipinski definition) is 3. The van der Waals surface area contributed by atoms with E-state index in [0.717, 1.165) is 30.0 Å². The van der Waals surface area contributed by atoms with E-state index in [4.69, 9.17) is 4.74 Å². The first-order valence-corrected chi connectivity index (χ1v) is 10.9. The zero-order valence-corrected chi connectivity index (χ0v) is 16.8. The minimum absolute atomic E-state index is 0.0399. The third-order valence-electron chi connectivity index (χ3n) is 5.35. The lowest BCUT2D eigenvalue weighted by Gasteiger charge is -2.26. The summed E-state index contributed by atoms with van der Waals surface area (Å²) in [5, 5.41) is 2.07. The van der Waals surface area contributed by atoms with Crippen LogP contribution < -0.4 is 4.74 Å². The second-order valence-electron chi connectivity index (χ2n) is 7.32. The van der Waals surface area contributed by atoms with E-state index in [0.29, 0.717) is 0 Å². The van der Waals surface area contributed by atoms with E-state index in [1.165, 1.54) is 43.3 Å². The van der Waals surface area contributed by atoms with Gasteiger partial charge in [0.05, 0.1) is 0 Å². The molecule has 4 heteroatoms. The fraction of sp³-hybridized carbons (Fsp3) is 0.333. The molecule has 1 atom stereocenters. The van der Waals surface area contributed by atoms with Crippen molar-refractivity contribution in [1.29, 1.82) is 0 Å². The maximum Gasteiger partial charge on any atom is 0.123 e. The zero-order chi connectivity index (χ0) is 19.2. The number of rotatable bonds is 7. The highest BCUT2D eigenvalue weighted by atomic mass is 32.1. The highest BCUT2D eigenvalue weighted by Gasteiger charge is 2.18. The Balaban J connectivity index is 1.45. The number of benzene rings is 2. The van der Waals surface area contributed by atoms with Gasteiger partial charge in [-0.05, 0) is 72.8 Å². The summed E-state index contributed by atoms with van der Waals surface area (Å²) >= 11 is 1.70. The maximum absolute atomic E-state index is 13.8. The van der Waals surface area contributed by atoms with Gasteiger partial charge in [0, 0.05) is 17.3 Å². The lowest BCUT2D eigenvalue weighted by molar-refractivity contribution is 0.183. The Morgan fingerprint density at radius 2 is 1.75 bits per heavy atom. The summed E-state index contributed by atoms with van der Waals surface area (Å²) in [5.41, 5.74) is 2.12. The molecule has 0 aliphatic carbocycles. The van der Waals surface area contributed by atoms with Crippen LogP contribution in [0.3, 0.4) is 0 Å². The molecule has 0 bridgehead atoms. The van der Waals surface area contributed by atoms with Crippen molar-refractivity contribution in [2.75, 3.05) is 26.2 Å². The van der Waals surface area contributed by atoms with E-state index in [-0.39, 0.29) is 11.7 Å². The van der Waals surface area contributed by atoms with Crippen molar-refractivity contribution in [3.8, 4) is 5.75 Å². The van der Waals surface area contributed by atoms with Crippen molar-refractivity contribution in [2.45, 2.75) is 25.2 Å².